The molecule has 23 rings (SSSR count). The number of hydrogen-bond donors (Lipinski definition) is 0. The minimum absolute atomic E-state index is 0. The molecule has 0 N–H and O–H groups in total. The van der Waals surface area contributed by atoms with Crippen LogP contribution in [0.1, 0.15) is 119 Å². The van der Waals surface area contributed by atoms with Gasteiger partial charge in [-0.15, -0.1) is 119 Å². The van der Waals surface area contributed by atoms with Crippen LogP contribution in [-0.4, -0.2) is 98.7 Å². The summed E-state index contributed by atoms with van der Waals surface area (Å²) in [6.45, 7) is 32.6. The third-order valence-electron chi connectivity index (χ3n) is 23.4. The molecular weight excluding hydrogens is 2650 g/mol. The molecule has 0 saturated carbocycles. The van der Waals surface area contributed by atoms with Gasteiger partial charge in [-0.25, -0.2) is 24.9 Å². The minimum Gasteiger partial charge on any atom is -0.488 e. The Kier molecular flexibility index (Phi) is 32.7. The first kappa shape index (κ1) is 103. The van der Waals surface area contributed by atoms with Gasteiger partial charge in [0.25, 0.3) is 0 Å². The van der Waals surface area contributed by atoms with Gasteiger partial charge in [0.05, 0.1) is 85.5 Å². The number of oxazole rings is 5. The third kappa shape index (κ3) is 21.7. The van der Waals surface area contributed by atoms with E-state index >= 15 is 0 Å². The van der Waals surface area contributed by atoms with E-state index < -0.39 is 0 Å². The molecule has 13 aromatic carbocycles. The zero-order chi connectivity index (χ0) is 94.1. The number of nitrogens with zero attached hydrogens (tertiary/aromatic N) is 20. The topological polar surface area (TPSA) is 284 Å². The molecule has 5 radical (unpaired) electrons. The Balaban J connectivity index is 0.000000140. The first-order valence-electron chi connectivity index (χ1n) is 44.6. The van der Waals surface area contributed by atoms with E-state index in [0.29, 0.717) is 52.7 Å². The Bertz CT molecular complexity index is 8180. The average Bonchev–Trinajstić information content (AvgIpc) is 1.66. The van der Waals surface area contributed by atoms with Crippen molar-refractivity contribution in [3.8, 4) is 119 Å². The summed E-state index contributed by atoms with van der Waals surface area (Å²) in [6.07, 6.45) is 7.89. The molecule has 141 heavy (non-hydrogen) atoms. The van der Waals surface area contributed by atoms with Gasteiger partial charge < -0.3 is 22.1 Å². The van der Waals surface area contributed by atoms with Crippen molar-refractivity contribution < 1.29 is 123 Å². The number of rotatable bonds is 15. The zero-order valence-electron chi connectivity index (χ0n) is 79.6. The fraction of sp³-hybridized carbons (Fsp3) is 0.162. The maximum Gasteiger partial charge on any atom is 0.180 e. The number of benzene rings is 13. The van der Waals surface area contributed by atoms with Crippen LogP contribution >= 0.6 is 0 Å². The fourth-order valence-corrected chi connectivity index (χ4v) is 17.5. The standard InChI is InChI=1S/C28H19N4O.C24H19N4O.C22H23N4O.C19H17N4O.C18H15N4O.5Ir/c1-19-31-25-17-22(15-16-26(25)33-19)28-29-18-30-32(28)27-23(20-9-4-2-5-10-20)13-8-14-24(27)21-11-6-3-7-12-21;1-15-11-20(18-7-5-4-6-8-18)12-16(2)23(15)28-24(25-14-26-28)19-9-10-22-21(13-19)27-17(3)29-22;1-13(2)17-7-6-8-18(14(3)4)21(17)26-22(23-12-24-26)16-9-10-20-19(11-16)25-15(5)27-20;1-11-7-12(2)18(13(3)8-11)23-19(20-10-21-23)15-5-6-17-16(9-15)22-14(4)24-17;1-11-5-4-6-12(2)17(11)22-18(19-10-20-22)14-7-8-16-15(9-14)21-13(3)23-16;;;;;/h2-14,16-18H,1H3;4-8,10-14H,1-3H3;6-8,10-14H,1-5H3;6-10H,1-4H3;4-6,8-10H,1-3H3;;;;;/q5*-1;;;;;. The molecular formula is C111H93Ir5N20O5-5. The SMILES string of the molecule is Cc1cc(C)c(-n2ncnc2-c2[c-]cc3oc(C)nc3c2)c(C)c1.Cc1nc2cc(-c3ncnn3-c3c(-c4ccccc4)cccc3-c3ccccc3)[c-]cc2o1.Cc1nc2cc(-c3ncnn3-c3c(C(C)C)cccc3C(C)C)[c-]cc2o1.Cc1nc2cc(-c3ncnn3-c3c(C)cc(-c4ccccc4)cc3C)[c-]cc2o1.Cc1nc2cc(-c3ncnn3-c3c(C)cccc3C)[c-]cc2o1.[Ir].[Ir].[Ir].[Ir].[Ir]. The molecule has 0 saturated heterocycles. The molecule has 10 heterocycles. The molecule has 10 aromatic heterocycles. The van der Waals surface area contributed by atoms with Crippen LogP contribution in [0.2, 0.25) is 0 Å². The van der Waals surface area contributed by atoms with Crippen molar-refractivity contribution in [3.05, 3.63) is 372 Å². The summed E-state index contributed by atoms with van der Waals surface area (Å²) in [6, 6.07) is 93.8. The maximum atomic E-state index is 5.62. The van der Waals surface area contributed by atoms with E-state index in [1.165, 1.54) is 27.8 Å². The predicted molar refractivity (Wildman–Crippen MR) is 527 cm³/mol. The fourth-order valence-electron chi connectivity index (χ4n) is 17.5. The van der Waals surface area contributed by atoms with Crippen molar-refractivity contribution in [2.45, 2.75) is 123 Å². The second kappa shape index (κ2) is 44.7. The maximum absolute atomic E-state index is 5.62. The summed E-state index contributed by atoms with van der Waals surface area (Å²) in [5.41, 5.74) is 34.3. The van der Waals surface area contributed by atoms with Crippen LogP contribution in [0.4, 0.5) is 0 Å². The van der Waals surface area contributed by atoms with Gasteiger partial charge in [-0.05, 0) is 139 Å². The van der Waals surface area contributed by atoms with Gasteiger partial charge in [-0.2, -0.15) is 25.5 Å². The largest absolute Gasteiger partial charge is 0.488 e. The van der Waals surface area contributed by atoms with Crippen LogP contribution in [0.5, 0.6) is 0 Å². The van der Waals surface area contributed by atoms with Gasteiger partial charge in [0.15, 0.2) is 29.5 Å². The van der Waals surface area contributed by atoms with Crippen molar-refractivity contribution in [2.75, 3.05) is 0 Å². The molecule has 30 heteroatoms. The van der Waals surface area contributed by atoms with Crippen molar-refractivity contribution in [1.82, 2.24) is 98.7 Å². The van der Waals surface area contributed by atoms with Gasteiger partial charge >= 0.3 is 0 Å². The van der Waals surface area contributed by atoms with Crippen LogP contribution < -0.4 is 0 Å². The first-order chi connectivity index (χ1) is 66.0. The van der Waals surface area contributed by atoms with Crippen LogP contribution in [0.25, 0.3) is 174 Å². The van der Waals surface area contributed by atoms with E-state index in [-0.39, 0.29) is 101 Å². The van der Waals surface area contributed by atoms with Crippen LogP contribution in [-0.2, 0) is 101 Å². The molecule has 0 aliphatic heterocycles. The molecule has 25 nitrogen and oxygen atoms in total. The number of fused-ring (bicyclic) bond motifs is 5. The van der Waals surface area contributed by atoms with Gasteiger partial charge in [0.1, 0.15) is 31.6 Å². The molecule has 0 fully saturated rings. The van der Waals surface area contributed by atoms with E-state index in [4.69, 9.17) is 22.1 Å². The molecule has 0 bridgehead atoms. The Morgan fingerprint density at radius 2 is 0.489 bits per heavy atom. The Hall–Kier alpha value is -13.8. The zero-order valence-corrected chi connectivity index (χ0v) is 91.6. The first-order valence-corrected chi connectivity index (χ1v) is 44.6. The monoisotopic (exact) mass is 2750 g/mol. The molecule has 0 unspecified atom stereocenters. The molecule has 0 atom stereocenters. The van der Waals surface area contributed by atoms with Gasteiger partial charge in [0.2, 0.25) is 0 Å². The second-order valence-electron chi connectivity index (χ2n) is 34.0. The number of aromatic nitrogens is 20. The summed E-state index contributed by atoms with van der Waals surface area (Å²) < 4.78 is 37.2. The minimum atomic E-state index is 0. The molecule has 0 amide bonds. The van der Waals surface area contributed by atoms with Gasteiger partial charge in [-0.3, -0.25) is 48.3 Å². The number of aryl methyl sites for hydroxylation is 12. The van der Waals surface area contributed by atoms with Crippen LogP contribution in [0.3, 0.4) is 0 Å². The predicted octanol–water partition coefficient (Wildman–Crippen LogP) is 25.3. The van der Waals surface area contributed by atoms with Crippen molar-refractivity contribution >= 4 is 55.5 Å². The van der Waals surface area contributed by atoms with Gasteiger partial charge in [0, 0.05) is 174 Å². The smallest absolute Gasteiger partial charge is 0.180 e. The van der Waals surface area contributed by atoms with E-state index in [0.717, 1.165) is 185 Å². The van der Waals surface area contributed by atoms with Gasteiger partial charge in [-0.1, -0.05) is 191 Å². The Labute approximate surface area is 882 Å². The van der Waals surface area contributed by atoms with Crippen LogP contribution in [0, 0.1) is 113 Å². The van der Waals surface area contributed by atoms with Crippen molar-refractivity contribution in [1.29, 1.82) is 0 Å². The summed E-state index contributed by atoms with van der Waals surface area (Å²) in [5, 5.41) is 22.6. The van der Waals surface area contributed by atoms with E-state index in [2.05, 4.69) is 303 Å². The summed E-state index contributed by atoms with van der Waals surface area (Å²) in [5.74, 6) is 7.59. The van der Waals surface area contributed by atoms with Crippen molar-refractivity contribution in [3.63, 3.8) is 0 Å². The van der Waals surface area contributed by atoms with E-state index in [1.54, 1.807) is 43.8 Å². The Morgan fingerprint density at radius 3 is 0.780 bits per heavy atom. The number of hydrogen-bond acceptors (Lipinski definition) is 20. The van der Waals surface area contributed by atoms with Crippen LogP contribution in [0.15, 0.2) is 284 Å². The normalized spacial score (nSPS) is 11.0. The molecule has 717 valence electrons. The second-order valence-corrected chi connectivity index (χ2v) is 34.0. The summed E-state index contributed by atoms with van der Waals surface area (Å²) in [7, 11) is 0. The van der Waals surface area contributed by atoms with E-state index in [1.807, 2.05) is 155 Å². The van der Waals surface area contributed by atoms with Crippen molar-refractivity contribution in [2.24, 2.45) is 0 Å². The average molecular weight is 2750 g/mol. The number of para-hydroxylation sites is 3. The summed E-state index contributed by atoms with van der Waals surface area (Å²) in [4.78, 5) is 44.6. The molecule has 23 aromatic rings. The Morgan fingerprint density at radius 1 is 0.241 bits per heavy atom. The quantitative estimate of drug-likeness (QED) is 0.0862. The summed E-state index contributed by atoms with van der Waals surface area (Å²) >= 11 is 0. The molecule has 0 aliphatic carbocycles. The molecule has 0 aliphatic rings. The van der Waals surface area contributed by atoms with E-state index in [9.17, 15) is 0 Å². The molecule has 0 spiro atoms. The third-order valence-corrected chi connectivity index (χ3v) is 23.4.